The zero-order valence-electron chi connectivity index (χ0n) is 14.9. The van der Waals surface area contributed by atoms with E-state index in [-0.39, 0.29) is 29.0 Å². The van der Waals surface area contributed by atoms with Gasteiger partial charge in [-0.1, -0.05) is 13.3 Å². The second kappa shape index (κ2) is 7.27. The molecule has 2 aliphatic rings. The van der Waals surface area contributed by atoms with Crippen LogP contribution in [0, 0.1) is 0 Å². The summed E-state index contributed by atoms with van der Waals surface area (Å²) in [5.41, 5.74) is 0.645. The average molecular weight is 358 g/mol. The third kappa shape index (κ3) is 3.61. The largest absolute Gasteiger partial charge is 0.449 e. The van der Waals surface area contributed by atoms with Crippen molar-refractivity contribution in [1.82, 2.24) is 10.2 Å². The first-order chi connectivity index (χ1) is 12.4. The SMILES string of the molecule is CCCCN1C(=O)c2ccc(C(=O)OC(C)C(=O)NC3CC3)cc2C1=O. The number of carbonyl (C=O) groups is 4. The van der Waals surface area contributed by atoms with Gasteiger partial charge in [-0.2, -0.15) is 0 Å². The highest BCUT2D eigenvalue weighted by Crippen LogP contribution is 2.25. The molecule has 0 aromatic heterocycles. The summed E-state index contributed by atoms with van der Waals surface area (Å²) in [6.07, 6.45) is 2.57. The number of nitrogens with one attached hydrogen (secondary N) is 1. The summed E-state index contributed by atoms with van der Waals surface area (Å²) in [5, 5.41) is 2.77. The average Bonchev–Trinajstić information content (AvgIpc) is 3.40. The van der Waals surface area contributed by atoms with E-state index in [2.05, 4.69) is 5.32 Å². The Bertz CT molecular complexity index is 769. The molecule has 3 amide bonds. The maximum atomic E-state index is 12.4. The van der Waals surface area contributed by atoms with Crippen molar-refractivity contribution in [2.45, 2.75) is 51.7 Å². The number of nitrogens with zero attached hydrogens (tertiary/aromatic N) is 1. The van der Waals surface area contributed by atoms with E-state index in [0.29, 0.717) is 12.1 Å². The lowest BCUT2D eigenvalue weighted by molar-refractivity contribution is -0.129. The summed E-state index contributed by atoms with van der Waals surface area (Å²) in [7, 11) is 0. The van der Waals surface area contributed by atoms with E-state index in [1.54, 1.807) is 0 Å². The highest BCUT2D eigenvalue weighted by atomic mass is 16.5. The second-order valence-electron chi connectivity index (χ2n) is 6.71. The van der Waals surface area contributed by atoms with Crippen LogP contribution in [0.2, 0.25) is 0 Å². The molecule has 138 valence electrons. The van der Waals surface area contributed by atoms with E-state index in [4.69, 9.17) is 4.74 Å². The fourth-order valence-corrected chi connectivity index (χ4v) is 2.77. The van der Waals surface area contributed by atoms with Crippen LogP contribution in [0.5, 0.6) is 0 Å². The molecule has 1 aliphatic carbocycles. The predicted octanol–water partition coefficient (Wildman–Crippen LogP) is 1.91. The molecule has 1 aliphatic heterocycles. The maximum Gasteiger partial charge on any atom is 0.338 e. The number of unbranched alkanes of at least 4 members (excludes halogenated alkanes) is 1. The molecule has 1 aromatic rings. The fraction of sp³-hybridized carbons (Fsp3) is 0.474. The quantitative estimate of drug-likeness (QED) is 0.594. The van der Waals surface area contributed by atoms with Gasteiger partial charge in [-0.15, -0.1) is 0 Å². The van der Waals surface area contributed by atoms with Gasteiger partial charge in [-0.3, -0.25) is 19.3 Å². The molecule has 1 fully saturated rings. The van der Waals surface area contributed by atoms with Gasteiger partial charge in [0.25, 0.3) is 17.7 Å². The molecule has 1 unspecified atom stereocenters. The van der Waals surface area contributed by atoms with Crippen LogP contribution in [0.1, 0.15) is 70.6 Å². The first-order valence-corrected chi connectivity index (χ1v) is 8.94. The molecule has 1 N–H and O–H groups in total. The van der Waals surface area contributed by atoms with Crippen LogP contribution in [-0.2, 0) is 9.53 Å². The number of benzene rings is 1. The van der Waals surface area contributed by atoms with E-state index < -0.39 is 18.0 Å². The first-order valence-electron chi connectivity index (χ1n) is 8.94. The third-order valence-corrected chi connectivity index (χ3v) is 4.52. The van der Waals surface area contributed by atoms with Gasteiger partial charge >= 0.3 is 5.97 Å². The van der Waals surface area contributed by atoms with Gasteiger partial charge in [0, 0.05) is 12.6 Å². The molecule has 0 bridgehead atoms. The summed E-state index contributed by atoms with van der Waals surface area (Å²) >= 11 is 0. The van der Waals surface area contributed by atoms with E-state index >= 15 is 0 Å². The van der Waals surface area contributed by atoms with Gasteiger partial charge in [0.1, 0.15) is 0 Å². The van der Waals surface area contributed by atoms with E-state index in [9.17, 15) is 19.2 Å². The zero-order chi connectivity index (χ0) is 18.8. The van der Waals surface area contributed by atoms with Crippen LogP contribution >= 0.6 is 0 Å². The number of esters is 1. The number of hydrogen-bond donors (Lipinski definition) is 1. The summed E-state index contributed by atoms with van der Waals surface area (Å²) in [6.45, 7) is 3.85. The van der Waals surface area contributed by atoms with Crippen molar-refractivity contribution in [3.8, 4) is 0 Å². The van der Waals surface area contributed by atoms with Crippen LogP contribution in [0.25, 0.3) is 0 Å². The van der Waals surface area contributed by atoms with Crippen LogP contribution < -0.4 is 5.32 Å². The van der Waals surface area contributed by atoms with Crippen molar-refractivity contribution in [2.24, 2.45) is 0 Å². The molecule has 1 atom stereocenters. The molecule has 1 heterocycles. The Balaban J connectivity index is 1.70. The minimum absolute atomic E-state index is 0.147. The molecule has 7 heteroatoms. The number of amides is 3. The van der Waals surface area contributed by atoms with Crippen molar-refractivity contribution in [3.05, 3.63) is 34.9 Å². The van der Waals surface area contributed by atoms with Crippen molar-refractivity contribution in [2.75, 3.05) is 6.54 Å². The van der Waals surface area contributed by atoms with Crippen molar-refractivity contribution >= 4 is 23.7 Å². The van der Waals surface area contributed by atoms with Crippen LogP contribution in [0.15, 0.2) is 18.2 Å². The van der Waals surface area contributed by atoms with Gasteiger partial charge in [0.05, 0.1) is 16.7 Å². The summed E-state index contributed by atoms with van der Waals surface area (Å²) in [5.74, 6) is -1.76. The van der Waals surface area contributed by atoms with Gasteiger partial charge in [-0.05, 0) is 44.4 Å². The van der Waals surface area contributed by atoms with E-state index in [1.165, 1.54) is 30.0 Å². The topological polar surface area (TPSA) is 92.8 Å². The number of ether oxygens (including phenoxy) is 1. The van der Waals surface area contributed by atoms with Gasteiger partial charge < -0.3 is 10.1 Å². The lowest BCUT2D eigenvalue weighted by atomic mass is 10.1. The molecule has 0 spiro atoms. The maximum absolute atomic E-state index is 12.4. The predicted molar refractivity (Wildman–Crippen MR) is 92.8 cm³/mol. The number of rotatable bonds is 7. The Hall–Kier alpha value is -2.70. The smallest absolute Gasteiger partial charge is 0.338 e. The number of imide groups is 1. The summed E-state index contributed by atoms with van der Waals surface area (Å²) in [4.78, 5) is 50.1. The Morgan fingerprint density at radius 1 is 1.23 bits per heavy atom. The van der Waals surface area contributed by atoms with Gasteiger partial charge in [-0.25, -0.2) is 4.79 Å². The monoisotopic (exact) mass is 358 g/mol. The summed E-state index contributed by atoms with van der Waals surface area (Å²) in [6, 6.07) is 4.46. The molecular weight excluding hydrogens is 336 g/mol. The number of fused-ring (bicyclic) bond motifs is 1. The van der Waals surface area contributed by atoms with E-state index in [1.807, 2.05) is 6.92 Å². The molecule has 26 heavy (non-hydrogen) atoms. The Morgan fingerprint density at radius 2 is 1.92 bits per heavy atom. The van der Waals surface area contributed by atoms with Crippen LogP contribution in [-0.4, -0.2) is 47.3 Å². The second-order valence-corrected chi connectivity index (χ2v) is 6.71. The Morgan fingerprint density at radius 3 is 2.58 bits per heavy atom. The Labute approximate surface area is 151 Å². The number of hydrogen-bond acceptors (Lipinski definition) is 5. The highest BCUT2D eigenvalue weighted by molar-refractivity contribution is 6.22. The van der Waals surface area contributed by atoms with Crippen LogP contribution in [0.3, 0.4) is 0 Å². The van der Waals surface area contributed by atoms with Gasteiger partial charge in [0.2, 0.25) is 0 Å². The first kappa shape index (κ1) is 18.1. The van der Waals surface area contributed by atoms with Gasteiger partial charge in [0.15, 0.2) is 6.10 Å². The number of carbonyl (C=O) groups excluding carboxylic acids is 4. The van der Waals surface area contributed by atoms with Crippen LogP contribution in [0.4, 0.5) is 0 Å². The van der Waals surface area contributed by atoms with Crippen molar-refractivity contribution < 1.29 is 23.9 Å². The zero-order valence-corrected chi connectivity index (χ0v) is 14.9. The van der Waals surface area contributed by atoms with Crippen molar-refractivity contribution in [1.29, 1.82) is 0 Å². The molecule has 0 saturated heterocycles. The lowest BCUT2D eigenvalue weighted by Gasteiger charge is -2.13. The molecule has 7 nitrogen and oxygen atoms in total. The molecule has 0 radical (unpaired) electrons. The summed E-state index contributed by atoms with van der Waals surface area (Å²) < 4.78 is 5.18. The lowest BCUT2D eigenvalue weighted by Crippen LogP contribution is -2.37. The fourth-order valence-electron chi connectivity index (χ4n) is 2.77. The molecule has 1 aromatic carbocycles. The molecular formula is C19H22N2O5. The molecule has 3 rings (SSSR count). The normalized spacial score (nSPS) is 17.1. The molecule has 1 saturated carbocycles. The highest BCUT2D eigenvalue weighted by Gasteiger charge is 2.36. The van der Waals surface area contributed by atoms with Crippen molar-refractivity contribution in [3.63, 3.8) is 0 Å². The minimum atomic E-state index is -0.922. The Kier molecular flexibility index (Phi) is 5.06. The third-order valence-electron chi connectivity index (χ3n) is 4.52. The standard InChI is InChI=1S/C19H22N2O5/c1-3-4-9-21-17(23)14-8-5-12(10-15(14)18(21)24)19(25)26-11(2)16(22)20-13-6-7-13/h5,8,10-11,13H,3-4,6-7,9H2,1-2H3,(H,20,22). The van der Waals surface area contributed by atoms with E-state index in [0.717, 1.165) is 25.7 Å². The minimum Gasteiger partial charge on any atom is -0.449 e.